The maximum absolute atomic E-state index is 5.73. The van der Waals surface area contributed by atoms with Crippen molar-refractivity contribution in [3.05, 3.63) is 0 Å². The lowest BCUT2D eigenvalue weighted by molar-refractivity contribution is -0.0481. The maximum Gasteiger partial charge on any atom is 0.0867 e. The van der Waals surface area contributed by atoms with Gasteiger partial charge in [-0.1, -0.05) is 0 Å². The lowest BCUT2D eigenvalue weighted by atomic mass is 10.1. The summed E-state index contributed by atoms with van der Waals surface area (Å²) in [7, 11) is 0. The molecule has 2 aliphatic heterocycles. The second kappa shape index (κ2) is 3.23. The lowest BCUT2D eigenvalue weighted by Crippen LogP contribution is -2.51. The van der Waals surface area contributed by atoms with Crippen LogP contribution in [0.25, 0.3) is 0 Å². The number of fused-ring (bicyclic) bond motifs is 1. The Morgan fingerprint density at radius 2 is 2.23 bits per heavy atom. The molecule has 3 heteroatoms. The second-order valence-electron chi connectivity index (χ2n) is 4.57. The quantitative estimate of drug-likeness (QED) is 0.654. The van der Waals surface area contributed by atoms with Gasteiger partial charge in [0.25, 0.3) is 0 Å². The standard InChI is InChI=1S/C10H18N2O/c1-2-8(1)7-12-3-4-13-10-6-11-5-9(10)12/h8-11H,1-7H2/t9-,10+/m0/s1. The summed E-state index contributed by atoms with van der Waals surface area (Å²) < 4.78 is 5.73. The lowest BCUT2D eigenvalue weighted by Gasteiger charge is -2.36. The summed E-state index contributed by atoms with van der Waals surface area (Å²) >= 11 is 0. The summed E-state index contributed by atoms with van der Waals surface area (Å²) in [6.07, 6.45) is 3.40. The SMILES string of the molecule is C1CN(CC2CC2)[C@H]2CNC[C@H]2O1. The van der Waals surface area contributed by atoms with E-state index in [1.807, 2.05) is 0 Å². The van der Waals surface area contributed by atoms with E-state index >= 15 is 0 Å². The molecule has 3 nitrogen and oxygen atoms in total. The number of nitrogens with zero attached hydrogens (tertiary/aromatic N) is 1. The first-order valence-electron chi connectivity index (χ1n) is 5.50. The van der Waals surface area contributed by atoms with Crippen molar-refractivity contribution in [2.45, 2.75) is 25.0 Å². The summed E-state index contributed by atoms with van der Waals surface area (Å²) in [6, 6.07) is 0.675. The van der Waals surface area contributed by atoms with E-state index in [0.29, 0.717) is 12.1 Å². The molecule has 0 aromatic rings. The second-order valence-corrected chi connectivity index (χ2v) is 4.57. The van der Waals surface area contributed by atoms with Gasteiger partial charge in [0, 0.05) is 32.2 Å². The van der Waals surface area contributed by atoms with Crippen LogP contribution in [0, 0.1) is 5.92 Å². The summed E-state index contributed by atoms with van der Waals surface area (Å²) in [5, 5.41) is 3.42. The molecule has 74 valence electrons. The van der Waals surface area contributed by atoms with Crippen molar-refractivity contribution < 1.29 is 4.74 Å². The molecule has 0 amide bonds. The van der Waals surface area contributed by atoms with E-state index < -0.39 is 0 Å². The van der Waals surface area contributed by atoms with Gasteiger partial charge in [-0.15, -0.1) is 0 Å². The van der Waals surface area contributed by atoms with E-state index in [-0.39, 0.29) is 0 Å². The van der Waals surface area contributed by atoms with Gasteiger partial charge in [0.1, 0.15) is 0 Å². The first kappa shape index (κ1) is 8.21. The Hall–Kier alpha value is -0.120. The maximum atomic E-state index is 5.73. The number of nitrogens with one attached hydrogen (secondary N) is 1. The minimum Gasteiger partial charge on any atom is -0.374 e. The molecule has 13 heavy (non-hydrogen) atoms. The van der Waals surface area contributed by atoms with Crippen molar-refractivity contribution in [3.8, 4) is 0 Å². The zero-order valence-corrected chi connectivity index (χ0v) is 8.04. The Morgan fingerprint density at radius 1 is 1.31 bits per heavy atom. The molecule has 1 aliphatic carbocycles. The molecule has 0 bridgehead atoms. The Labute approximate surface area is 79.4 Å². The Bertz CT molecular complexity index is 193. The fraction of sp³-hybridized carbons (Fsp3) is 1.00. The van der Waals surface area contributed by atoms with Gasteiger partial charge in [-0.25, -0.2) is 0 Å². The van der Waals surface area contributed by atoms with Crippen molar-refractivity contribution in [1.29, 1.82) is 0 Å². The van der Waals surface area contributed by atoms with Crippen LogP contribution in [0.2, 0.25) is 0 Å². The molecule has 3 rings (SSSR count). The minimum atomic E-state index is 0.479. The number of hydrogen-bond donors (Lipinski definition) is 1. The molecular weight excluding hydrogens is 164 g/mol. The van der Waals surface area contributed by atoms with E-state index in [0.717, 1.165) is 32.2 Å². The first-order chi connectivity index (χ1) is 6.43. The molecular formula is C10H18N2O. The van der Waals surface area contributed by atoms with Crippen LogP contribution in [-0.4, -0.2) is 49.8 Å². The highest BCUT2D eigenvalue weighted by Gasteiger charge is 2.38. The van der Waals surface area contributed by atoms with E-state index in [1.165, 1.54) is 19.4 Å². The Balaban J connectivity index is 1.63. The molecule has 2 saturated heterocycles. The van der Waals surface area contributed by atoms with Gasteiger partial charge in [0.05, 0.1) is 12.7 Å². The van der Waals surface area contributed by atoms with Crippen LogP contribution in [-0.2, 0) is 4.74 Å². The van der Waals surface area contributed by atoms with Crippen LogP contribution in [0.4, 0.5) is 0 Å². The van der Waals surface area contributed by atoms with Crippen molar-refractivity contribution in [2.24, 2.45) is 5.92 Å². The van der Waals surface area contributed by atoms with Gasteiger partial charge in [-0.2, -0.15) is 0 Å². The van der Waals surface area contributed by atoms with Crippen LogP contribution in [0.1, 0.15) is 12.8 Å². The number of morpholine rings is 1. The molecule has 0 aromatic heterocycles. The van der Waals surface area contributed by atoms with Crippen LogP contribution in [0.5, 0.6) is 0 Å². The van der Waals surface area contributed by atoms with Crippen molar-refractivity contribution in [3.63, 3.8) is 0 Å². The zero-order chi connectivity index (χ0) is 8.67. The normalized spacial score (nSPS) is 40.6. The van der Waals surface area contributed by atoms with E-state index in [4.69, 9.17) is 4.74 Å². The van der Waals surface area contributed by atoms with Gasteiger partial charge in [0.2, 0.25) is 0 Å². The highest BCUT2D eigenvalue weighted by Crippen LogP contribution is 2.31. The van der Waals surface area contributed by atoms with Crippen LogP contribution in [0.15, 0.2) is 0 Å². The molecule has 3 aliphatic rings. The first-order valence-corrected chi connectivity index (χ1v) is 5.50. The van der Waals surface area contributed by atoms with Crippen LogP contribution < -0.4 is 5.32 Å². The number of ether oxygens (including phenoxy) is 1. The van der Waals surface area contributed by atoms with Gasteiger partial charge in [0.15, 0.2) is 0 Å². The Morgan fingerprint density at radius 3 is 3.08 bits per heavy atom. The van der Waals surface area contributed by atoms with Crippen LogP contribution in [0.3, 0.4) is 0 Å². The molecule has 0 unspecified atom stereocenters. The molecule has 0 aromatic carbocycles. The summed E-state index contributed by atoms with van der Waals surface area (Å²) in [5.74, 6) is 1.01. The third kappa shape index (κ3) is 1.60. The number of hydrogen-bond acceptors (Lipinski definition) is 3. The minimum absolute atomic E-state index is 0.479. The molecule has 2 heterocycles. The van der Waals surface area contributed by atoms with Crippen molar-refractivity contribution in [1.82, 2.24) is 10.2 Å². The fourth-order valence-corrected chi connectivity index (χ4v) is 2.52. The zero-order valence-electron chi connectivity index (χ0n) is 8.04. The van der Waals surface area contributed by atoms with E-state index in [1.54, 1.807) is 0 Å². The predicted molar refractivity (Wildman–Crippen MR) is 50.7 cm³/mol. The topological polar surface area (TPSA) is 24.5 Å². The van der Waals surface area contributed by atoms with Crippen LogP contribution >= 0.6 is 0 Å². The molecule has 2 atom stereocenters. The third-order valence-corrected chi connectivity index (χ3v) is 3.50. The molecule has 3 fully saturated rings. The highest BCUT2D eigenvalue weighted by molar-refractivity contribution is 4.94. The number of rotatable bonds is 2. The van der Waals surface area contributed by atoms with Gasteiger partial charge in [-0.3, -0.25) is 4.90 Å². The summed E-state index contributed by atoms with van der Waals surface area (Å²) in [6.45, 7) is 5.62. The summed E-state index contributed by atoms with van der Waals surface area (Å²) in [5.41, 5.74) is 0. The highest BCUT2D eigenvalue weighted by atomic mass is 16.5. The summed E-state index contributed by atoms with van der Waals surface area (Å²) in [4.78, 5) is 2.64. The smallest absolute Gasteiger partial charge is 0.0867 e. The van der Waals surface area contributed by atoms with E-state index in [9.17, 15) is 0 Å². The Kier molecular flexibility index (Phi) is 2.04. The average molecular weight is 182 g/mol. The van der Waals surface area contributed by atoms with Gasteiger partial charge in [-0.05, 0) is 18.8 Å². The van der Waals surface area contributed by atoms with Gasteiger partial charge < -0.3 is 10.1 Å². The monoisotopic (exact) mass is 182 g/mol. The average Bonchev–Trinajstić information content (AvgIpc) is 2.83. The van der Waals surface area contributed by atoms with Crippen molar-refractivity contribution >= 4 is 0 Å². The molecule has 1 N–H and O–H groups in total. The largest absolute Gasteiger partial charge is 0.374 e. The van der Waals surface area contributed by atoms with Crippen molar-refractivity contribution in [2.75, 3.05) is 32.8 Å². The third-order valence-electron chi connectivity index (χ3n) is 3.50. The van der Waals surface area contributed by atoms with E-state index in [2.05, 4.69) is 10.2 Å². The molecule has 1 saturated carbocycles. The fourth-order valence-electron chi connectivity index (χ4n) is 2.52. The van der Waals surface area contributed by atoms with Gasteiger partial charge >= 0.3 is 0 Å². The molecule has 0 spiro atoms. The molecule has 0 radical (unpaired) electrons. The predicted octanol–water partition coefficient (Wildman–Crippen LogP) is 0.0690.